The first-order valence-electron chi connectivity index (χ1n) is 7.74. The number of rotatable bonds is 4. The van der Waals surface area contributed by atoms with Gasteiger partial charge in [-0.1, -0.05) is 27.7 Å². The van der Waals surface area contributed by atoms with Crippen LogP contribution in [0.15, 0.2) is 0 Å². The average molecular weight is 269 g/mol. The first kappa shape index (κ1) is 15.3. The lowest BCUT2D eigenvalue weighted by atomic mass is 9.58. The molecule has 1 aliphatic heterocycles. The van der Waals surface area contributed by atoms with Crippen LogP contribution in [0.3, 0.4) is 0 Å². The Morgan fingerprint density at radius 2 is 1.74 bits per heavy atom. The Hall–Kier alpha value is -0.120. The summed E-state index contributed by atoms with van der Waals surface area (Å²) in [6.45, 7) is 11.3. The van der Waals surface area contributed by atoms with Gasteiger partial charge in [-0.25, -0.2) is 0 Å². The molecule has 2 aliphatic rings. The van der Waals surface area contributed by atoms with Crippen LogP contribution in [-0.2, 0) is 4.74 Å². The van der Waals surface area contributed by atoms with Crippen molar-refractivity contribution in [1.82, 2.24) is 5.32 Å². The molecule has 1 atom stereocenters. The van der Waals surface area contributed by atoms with Crippen LogP contribution in [0.2, 0.25) is 0 Å². The minimum atomic E-state index is -0.128. The molecule has 19 heavy (non-hydrogen) atoms. The van der Waals surface area contributed by atoms with Crippen molar-refractivity contribution in [2.24, 2.45) is 10.8 Å². The molecule has 1 heterocycles. The van der Waals surface area contributed by atoms with Crippen molar-refractivity contribution in [2.45, 2.75) is 71.4 Å². The average Bonchev–Trinajstić information content (AvgIpc) is 2.75. The Morgan fingerprint density at radius 1 is 1.11 bits per heavy atom. The molecule has 0 aromatic rings. The lowest BCUT2D eigenvalue weighted by molar-refractivity contribution is -0.0109. The molecule has 0 bridgehead atoms. The number of aliphatic hydroxyl groups excluding tert-OH is 1. The zero-order chi connectivity index (χ0) is 14.1. The van der Waals surface area contributed by atoms with Crippen LogP contribution in [0, 0.1) is 10.8 Å². The van der Waals surface area contributed by atoms with Crippen molar-refractivity contribution in [3.05, 3.63) is 0 Å². The normalized spacial score (nSPS) is 32.4. The van der Waals surface area contributed by atoms with E-state index < -0.39 is 0 Å². The molecular weight excluding hydrogens is 238 g/mol. The number of hydrogen-bond donors (Lipinski definition) is 2. The summed E-state index contributed by atoms with van der Waals surface area (Å²) in [6, 6.07) is 0. The SMILES string of the molecule is CC1(C)CC(C)(C)CC(CO)(NCC2CCCO2)C1. The largest absolute Gasteiger partial charge is 0.394 e. The highest BCUT2D eigenvalue weighted by Gasteiger charge is 2.47. The lowest BCUT2D eigenvalue weighted by Gasteiger charge is -2.52. The zero-order valence-corrected chi connectivity index (χ0v) is 13.1. The van der Waals surface area contributed by atoms with Crippen LogP contribution in [0.5, 0.6) is 0 Å². The maximum Gasteiger partial charge on any atom is 0.0700 e. The van der Waals surface area contributed by atoms with Crippen molar-refractivity contribution in [1.29, 1.82) is 0 Å². The van der Waals surface area contributed by atoms with Gasteiger partial charge in [0.15, 0.2) is 0 Å². The molecule has 2 rings (SSSR count). The van der Waals surface area contributed by atoms with Crippen LogP contribution in [0.4, 0.5) is 0 Å². The number of nitrogens with one attached hydrogen (secondary N) is 1. The van der Waals surface area contributed by atoms with Crippen LogP contribution in [0.25, 0.3) is 0 Å². The van der Waals surface area contributed by atoms with Crippen LogP contribution >= 0.6 is 0 Å². The standard InChI is InChI=1S/C16H31NO2/c1-14(2)9-15(3,4)11-16(10-14,12-18)17-8-13-6-5-7-19-13/h13,17-18H,5-12H2,1-4H3. The molecule has 1 saturated carbocycles. The molecule has 2 N–H and O–H groups in total. The molecule has 112 valence electrons. The highest BCUT2D eigenvalue weighted by atomic mass is 16.5. The Labute approximate surface area is 118 Å². The Balaban J connectivity index is 2.02. The zero-order valence-electron chi connectivity index (χ0n) is 13.1. The molecule has 1 unspecified atom stereocenters. The van der Waals surface area contributed by atoms with Gasteiger partial charge < -0.3 is 15.2 Å². The van der Waals surface area contributed by atoms with E-state index >= 15 is 0 Å². The van der Waals surface area contributed by atoms with E-state index in [2.05, 4.69) is 33.0 Å². The highest BCUT2D eigenvalue weighted by molar-refractivity contribution is 5.02. The highest BCUT2D eigenvalue weighted by Crippen LogP contribution is 2.49. The Morgan fingerprint density at radius 3 is 2.21 bits per heavy atom. The van der Waals surface area contributed by atoms with Crippen molar-refractivity contribution >= 4 is 0 Å². The number of aliphatic hydroxyl groups is 1. The van der Waals surface area contributed by atoms with Gasteiger partial charge in [0.2, 0.25) is 0 Å². The fourth-order valence-electron chi connectivity index (χ4n) is 4.74. The summed E-state index contributed by atoms with van der Waals surface area (Å²) in [6.07, 6.45) is 6.00. The Kier molecular flexibility index (Phi) is 4.29. The van der Waals surface area contributed by atoms with Gasteiger partial charge in [0.1, 0.15) is 0 Å². The molecule has 1 saturated heterocycles. The molecule has 0 amide bonds. The fourth-order valence-corrected chi connectivity index (χ4v) is 4.74. The summed E-state index contributed by atoms with van der Waals surface area (Å²) >= 11 is 0. The third-order valence-corrected chi connectivity index (χ3v) is 4.62. The second-order valence-corrected chi connectivity index (χ2v) is 8.31. The van der Waals surface area contributed by atoms with E-state index in [-0.39, 0.29) is 23.0 Å². The smallest absolute Gasteiger partial charge is 0.0700 e. The molecular formula is C16H31NO2. The topological polar surface area (TPSA) is 41.5 Å². The third kappa shape index (κ3) is 3.93. The van der Waals surface area contributed by atoms with Gasteiger partial charge in [-0.3, -0.25) is 0 Å². The van der Waals surface area contributed by atoms with E-state index in [9.17, 15) is 5.11 Å². The minimum absolute atomic E-state index is 0.128. The van der Waals surface area contributed by atoms with Crippen LogP contribution < -0.4 is 5.32 Å². The van der Waals surface area contributed by atoms with Crippen molar-refractivity contribution in [2.75, 3.05) is 19.8 Å². The lowest BCUT2D eigenvalue weighted by Crippen LogP contribution is -2.58. The van der Waals surface area contributed by atoms with E-state index in [4.69, 9.17) is 4.74 Å². The van der Waals surface area contributed by atoms with Gasteiger partial charge in [-0.05, 0) is 42.9 Å². The monoisotopic (exact) mass is 269 g/mol. The number of hydrogen-bond acceptors (Lipinski definition) is 3. The summed E-state index contributed by atoms with van der Waals surface area (Å²) in [4.78, 5) is 0. The van der Waals surface area contributed by atoms with Gasteiger partial charge in [0.25, 0.3) is 0 Å². The molecule has 3 nitrogen and oxygen atoms in total. The molecule has 0 aromatic carbocycles. The molecule has 0 aromatic heterocycles. The van der Waals surface area contributed by atoms with Gasteiger partial charge in [0.05, 0.1) is 12.7 Å². The summed E-state index contributed by atoms with van der Waals surface area (Å²) in [5.74, 6) is 0. The molecule has 0 spiro atoms. The predicted molar refractivity (Wildman–Crippen MR) is 78.2 cm³/mol. The molecule has 1 aliphatic carbocycles. The summed E-state index contributed by atoms with van der Waals surface area (Å²) in [5.41, 5.74) is 0.444. The first-order chi connectivity index (χ1) is 8.76. The van der Waals surface area contributed by atoms with Crippen molar-refractivity contribution in [3.63, 3.8) is 0 Å². The van der Waals surface area contributed by atoms with E-state index in [1.807, 2.05) is 0 Å². The van der Waals surface area contributed by atoms with Crippen molar-refractivity contribution in [3.8, 4) is 0 Å². The molecule has 3 heteroatoms. The van der Waals surface area contributed by atoms with Gasteiger partial charge in [0, 0.05) is 18.7 Å². The summed E-state index contributed by atoms with van der Waals surface area (Å²) in [5, 5.41) is 13.6. The quantitative estimate of drug-likeness (QED) is 0.824. The van der Waals surface area contributed by atoms with E-state index in [0.29, 0.717) is 6.10 Å². The second kappa shape index (κ2) is 5.34. The maximum atomic E-state index is 9.98. The van der Waals surface area contributed by atoms with Gasteiger partial charge >= 0.3 is 0 Å². The third-order valence-electron chi connectivity index (χ3n) is 4.62. The van der Waals surface area contributed by atoms with Crippen molar-refractivity contribution < 1.29 is 9.84 Å². The summed E-state index contributed by atoms with van der Waals surface area (Å²) < 4.78 is 5.69. The van der Waals surface area contributed by atoms with Gasteiger partial charge in [-0.15, -0.1) is 0 Å². The second-order valence-electron chi connectivity index (χ2n) is 8.31. The van der Waals surface area contributed by atoms with Gasteiger partial charge in [-0.2, -0.15) is 0 Å². The molecule has 0 radical (unpaired) electrons. The predicted octanol–water partition coefficient (Wildman–Crippen LogP) is 2.72. The summed E-state index contributed by atoms with van der Waals surface area (Å²) in [7, 11) is 0. The maximum absolute atomic E-state index is 9.98. The Bertz CT molecular complexity index is 290. The minimum Gasteiger partial charge on any atom is -0.394 e. The first-order valence-corrected chi connectivity index (χ1v) is 7.74. The van der Waals surface area contributed by atoms with E-state index in [1.54, 1.807) is 0 Å². The van der Waals surface area contributed by atoms with Crippen LogP contribution in [0.1, 0.15) is 59.8 Å². The van der Waals surface area contributed by atoms with E-state index in [0.717, 1.165) is 32.4 Å². The fraction of sp³-hybridized carbons (Fsp3) is 1.00. The van der Waals surface area contributed by atoms with Crippen LogP contribution in [-0.4, -0.2) is 36.5 Å². The molecule has 2 fully saturated rings. The van der Waals surface area contributed by atoms with E-state index in [1.165, 1.54) is 12.8 Å². The number of ether oxygens (including phenoxy) is 1.